The minimum Gasteiger partial charge on any atom is -0.375 e. The van der Waals surface area contributed by atoms with Crippen LogP contribution in [0.1, 0.15) is 20.3 Å². The maximum Gasteiger partial charge on any atom is 0.322 e. The van der Waals surface area contributed by atoms with Crippen LogP contribution in [-0.4, -0.2) is 50.9 Å². The van der Waals surface area contributed by atoms with Crippen LogP contribution in [0.3, 0.4) is 0 Å². The molecule has 0 unspecified atom stereocenters. The summed E-state index contributed by atoms with van der Waals surface area (Å²) in [7, 11) is -3.30. The SMILES string of the molecule is CCCS(=O)(=O)Nc1ccc(NC(=O)N2CCO[C@@H](C)C2)cc1. The van der Waals surface area contributed by atoms with Crippen LogP contribution in [0.25, 0.3) is 0 Å². The number of anilines is 2. The van der Waals surface area contributed by atoms with Crippen LogP contribution in [0, 0.1) is 0 Å². The number of carbonyl (C=O) groups excluding carboxylic acids is 1. The second kappa shape index (κ2) is 7.65. The highest BCUT2D eigenvalue weighted by Gasteiger charge is 2.21. The molecule has 2 rings (SSSR count). The fourth-order valence-corrected chi connectivity index (χ4v) is 3.46. The van der Waals surface area contributed by atoms with Crippen molar-refractivity contribution in [1.29, 1.82) is 0 Å². The highest BCUT2D eigenvalue weighted by atomic mass is 32.2. The fraction of sp³-hybridized carbons (Fsp3) is 0.533. The molecule has 0 bridgehead atoms. The quantitative estimate of drug-likeness (QED) is 0.858. The minimum atomic E-state index is -3.30. The number of sulfonamides is 1. The molecule has 1 aromatic carbocycles. The highest BCUT2D eigenvalue weighted by molar-refractivity contribution is 7.92. The van der Waals surface area contributed by atoms with Crippen molar-refractivity contribution in [2.24, 2.45) is 0 Å². The number of ether oxygens (including phenoxy) is 1. The Kier molecular flexibility index (Phi) is 5.84. The Morgan fingerprint density at radius 3 is 2.57 bits per heavy atom. The van der Waals surface area contributed by atoms with Crippen molar-refractivity contribution >= 4 is 27.4 Å². The van der Waals surface area contributed by atoms with Crippen LogP contribution in [0.15, 0.2) is 24.3 Å². The highest BCUT2D eigenvalue weighted by Crippen LogP contribution is 2.16. The van der Waals surface area contributed by atoms with Gasteiger partial charge in [-0.15, -0.1) is 0 Å². The van der Waals surface area contributed by atoms with E-state index in [9.17, 15) is 13.2 Å². The van der Waals surface area contributed by atoms with E-state index in [1.54, 1.807) is 29.2 Å². The van der Waals surface area contributed by atoms with Crippen molar-refractivity contribution in [3.63, 3.8) is 0 Å². The van der Waals surface area contributed by atoms with Crippen LogP contribution >= 0.6 is 0 Å². The molecule has 7 nitrogen and oxygen atoms in total. The summed E-state index contributed by atoms with van der Waals surface area (Å²) in [5, 5.41) is 2.80. The molecule has 8 heteroatoms. The number of amides is 2. The summed E-state index contributed by atoms with van der Waals surface area (Å²) in [6.45, 7) is 5.39. The predicted octanol–water partition coefficient (Wildman–Crippen LogP) is 2.09. The average molecular weight is 341 g/mol. The third kappa shape index (κ3) is 5.40. The molecular weight excluding hydrogens is 318 g/mol. The van der Waals surface area contributed by atoms with Crippen molar-refractivity contribution in [2.45, 2.75) is 26.4 Å². The molecule has 1 aliphatic rings. The first-order chi connectivity index (χ1) is 10.9. The monoisotopic (exact) mass is 341 g/mol. The van der Waals surface area contributed by atoms with E-state index in [0.717, 1.165) is 0 Å². The molecule has 128 valence electrons. The van der Waals surface area contributed by atoms with Gasteiger partial charge < -0.3 is 15.0 Å². The zero-order chi connectivity index (χ0) is 16.9. The van der Waals surface area contributed by atoms with Crippen molar-refractivity contribution < 1.29 is 17.9 Å². The molecule has 0 aliphatic carbocycles. The summed E-state index contributed by atoms with van der Waals surface area (Å²) in [4.78, 5) is 13.9. The summed E-state index contributed by atoms with van der Waals surface area (Å²) in [5.41, 5.74) is 1.10. The molecule has 0 saturated carbocycles. The van der Waals surface area contributed by atoms with E-state index >= 15 is 0 Å². The zero-order valence-corrected chi connectivity index (χ0v) is 14.2. The van der Waals surface area contributed by atoms with E-state index in [1.165, 1.54) is 0 Å². The fourth-order valence-electron chi connectivity index (χ4n) is 2.33. The van der Waals surface area contributed by atoms with Gasteiger partial charge in [-0.05, 0) is 37.6 Å². The molecule has 2 amide bonds. The van der Waals surface area contributed by atoms with Crippen LogP contribution < -0.4 is 10.0 Å². The molecule has 1 aromatic rings. The molecule has 1 heterocycles. The van der Waals surface area contributed by atoms with E-state index in [-0.39, 0.29) is 17.9 Å². The lowest BCUT2D eigenvalue weighted by Crippen LogP contribution is -2.46. The first kappa shape index (κ1) is 17.6. The van der Waals surface area contributed by atoms with Gasteiger partial charge in [0.15, 0.2) is 0 Å². The topological polar surface area (TPSA) is 87.7 Å². The van der Waals surface area contributed by atoms with E-state index < -0.39 is 10.0 Å². The third-order valence-corrected chi connectivity index (χ3v) is 4.90. The van der Waals surface area contributed by atoms with Gasteiger partial charge in [0.2, 0.25) is 10.0 Å². The summed E-state index contributed by atoms with van der Waals surface area (Å²) in [5.74, 6) is 0.0840. The number of rotatable bonds is 5. The Labute approximate surface area is 137 Å². The Bertz CT molecular complexity index is 631. The predicted molar refractivity (Wildman–Crippen MR) is 90.1 cm³/mol. The summed E-state index contributed by atoms with van der Waals surface area (Å²) in [6.07, 6.45) is 0.589. The van der Waals surface area contributed by atoms with Gasteiger partial charge >= 0.3 is 6.03 Å². The maximum absolute atomic E-state index is 12.2. The van der Waals surface area contributed by atoms with Gasteiger partial charge in [-0.3, -0.25) is 4.72 Å². The number of hydrogen-bond donors (Lipinski definition) is 2. The smallest absolute Gasteiger partial charge is 0.322 e. The first-order valence-electron chi connectivity index (χ1n) is 7.67. The van der Waals surface area contributed by atoms with Gasteiger partial charge in [0.25, 0.3) is 0 Å². The van der Waals surface area contributed by atoms with Gasteiger partial charge in [-0.25, -0.2) is 13.2 Å². The van der Waals surface area contributed by atoms with Gasteiger partial charge in [0.1, 0.15) is 0 Å². The van der Waals surface area contributed by atoms with Gasteiger partial charge in [-0.2, -0.15) is 0 Å². The number of hydrogen-bond acceptors (Lipinski definition) is 4. The lowest BCUT2D eigenvalue weighted by atomic mass is 10.3. The Balaban J connectivity index is 1.93. The molecule has 1 saturated heterocycles. The molecule has 2 N–H and O–H groups in total. The van der Waals surface area contributed by atoms with Crippen molar-refractivity contribution in [3.05, 3.63) is 24.3 Å². The normalized spacial score (nSPS) is 18.5. The van der Waals surface area contributed by atoms with E-state index in [0.29, 0.717) is 37.5 Å². The molecule has 1 atom stereocenters. The standard InChI is InChI=1S/C15H23N3O4S/c1-3-10-23(20,21)17-14-6-4-13(5-7-14)16-15(19)18-8-9-22-12(2)11-18/h4-7,12,17H,3,8-11H2,1-2H3,(H,16,19)/t12-/m0/s1. The maximum atomic E-state index is 12.2. The van der Waals surface area contributed by atoms with Crippen LogP contribution in [-0.2, 0) is 14.8 Å². The van der Waals surface area contributed by atoms with Crippen molar-refractivity contribution in [3.8, 4) is 0 Å². The minimum absolute atomic E-state index is 0.0323. The van der Waals surface area contributed by atoms with Crippen molar-refractivity contribution in [1.82, 2.24) is 4.90 Å². The Hall–Kier alpha value is -1.80. The van der Waals surface area contributed by atoms with Crippen molar-refractivity contribution in [2.75, 3.05) is 35.5 Å². The Morgan fingerprint density at radius 2 is 1.96 bits per heavy atom. The number of carbonyl (C=O) groups is 1. The van der Waals surface area contributed by atoms with E-state index in [4.69, 9.17) is 4.74 Å². The molecule has 1 fully saturated rings. The second-order valence-corrected chi connectivity index (χ2v) is 7.40. The number of morpholine rings is 1. The number of benzene rings is 1. The lowest BCUT2D eigenvalue weighted by Gasteiger charge is -2.31. The molecule has 1 aliphatic heterocycles. The lowest BCUT2D eigenvalue weighted by molar-refractivity contribution is -0.00138. The molecular formula is C15H23N3O4S. The van der Waals surface area contributed by atoms with E-state index in [2.05, 4.69) is 10.0 Å². The Morgan fingerprint density at radius 1 is 1.30 bits per heavy atom. The zero-order valence-electron chi connectivity index (χ0n) is 13.4. The molecule has 0 radical (unpaired) electrons. The molecule has 0 spiro atoms. The van der Waals surface area contributed by atoms with Gasteiger partial charge in [0.05, 0.1) is 18.5 Å². The number of nitrogens with zero attached hydrogens (tertiary/aromatic N) is 1. The summed E-state index contributed by atoms with van der Waals surface area (Å²) >= 11 is 0. The van der Waals surface area contributed by atoms with Gasteiger partial charge in [0, 0.05) is 24.5 Å². The molecule has 0 aromatic heterocycles. The average Bonchev–Trinajstić information content (AvgIpc) is 2.49. The number of urea groups is 1. The van der Waals surface area contributed by atoms with Crippen LogP contribution in [0.2, 0.25) is 0 Å². The largest absolute Gasteiger partial charge is 0.375 e. The summed E-state index contributed by atoms with van der Waals surface area (Å²) < 4.78 is 31.3. The molecule has 23 heavy (non-hydrogen) atoms. The summed E-state index contributed by atoms with van der Waals surface area (Å²) in [6, 6.07) is 6.42. The first-order valence-corrected chi connectivity index (χ1v) is 9.33. The number of nitrogens with one attached hydrogen (secondary N) is 2. The van der Waals surface area contributed by atoms with Crippen LogP contribution in [0.4, 0.5) is 16.2 Å². The van der Waals surface area contributed by atoms with Crippen LogP contribution in [0.5, 0.6) is 0 Å². The third-order valence-electron chi connectivity index (χ3n) is 3.41. The second-order valence-electron chi connectivity index (χ2n) is 5.56. The van der Waals surface area contributed by atoms with E-state index in [1.807, 2.05) is 13.8 Å². The van der Waals surface area contributed by atoms with Gasteiger partial charge in [-0.1, -0.05) is 6.92 Å².